The van der Waals surface area contributed by atoms with E-state index in [0.717, 1.165) is 103 Å². The van der Waals surface area contributed by atoms with Crippen LogP contribution < -0.4 is 0 Å². The molecule has 368 valence electrons. The molecule has 5 nitrogen and oxygen atoms in total. The number of hydrogen-bond acceptors (Lipinski definition) is 5. The number of esters is 2. The molecule has 64 heavy (non-hydrogen) atoms. The topological polar surface area (TPSA) is 61.8 Å². The van der Waals surface area contributed by atoms with Crippen LogP contribution in [0.1, 0.15) is 252 Å². The monoisotopic (exact) mass is 891 g/mol. The van der Waals surface area contributed by atoms with Crippen LogP contribution in [0.4, 0.5) is 0 Å². The van der Waals surface area contributed by atoms with Gasteiger partial charge in [0.05, 0.1) is 6.61 Å². The summed E-state index contributed by atoms with van der Waals surface area (Å²) in [5.41, 5.74) is 0. The van der Waals surface area contributed by atoms with Crippen molar-refractivity contribution in [2.75, 3.05) is 19.8 Å². The molecular weight excluding hydrogens is 789 g/mol. The van der Waals surface area contributed by atoms with E-state index in [0.29, 0.717) is 19.4 Å². The molecule has 0 bridgehead atoms. The molecule has 0 aromatic carbocycles. The quantitative estimate of drug-likeness (QED) is 0.0346. The van der Waals surface area contributed by atoms with Crippen LogP contribution in [-0.2, 0) is 23.8 Å². The second-order valence-electron chi connectivity index (χ2n) is 17.7. The summed E-state index contributed by atoms with van der Waals surface area (Å²) >= 11 is 0. The second-order valence-corrected chi connectivity index (χ2v) is 17.7. The summed E-state index contributed by atoms with van der Waals surface area (Å²) in [6.07, 6.45) is 71.6. The van der Waals surface area contributed by atoms with Gasteiger partial charge in [-0.25, -0.2) is 0 Å². The van der Waals surface area contributed by atoms with Gasteiger partial charge in [0.25, 0.3) is 0 Å². The van der Waals surface area contributed by atoms with Crippen molar-refractivity contribution >= 4 is 11.9 Å². The van der Waals surface area contributed by atoms with Gasteiger partial charge in [0.1, 0.15) is 6.61 Å². The largest absolute Gasteiger partial charge is 0.462 e. The van der Waals surface area contributed by atoms with E-state index in [4.69, 9.17) is 14.2 Å². The molecule has 0 N–H and O–H groups in total. The lowest BCUT2D eigenvalue weighted by Crippen LogP contribution is -2.30. The summed E-state index contributed by atoms with van der Waals surface area (Å²) in [6.45, 7) is 7.59. The fourth-order valence-corrected chi connectivity index (χ4v) is 7.36. The van der Waals surface area contributed by atoms with Gasteiger partial charge in [0.2, 0.25) is 0 Å². The van der Waals surface area contributed by atoms with E-state index < -0.39 is 6.10 Å². The molecule has 0 aromatic rings. The lowest BCUT2D eigenvalue weighted by atomic mass is 10.1. The van der Waals surface area contributed by atoms with Crippen LogP contribution in [0, 0.1) is 0 Å². The minimum Gasteiger partial charge on any atom is -0.462 e. The second kappa shape index (κ2) is 54.4. The molecule has 0 fully saturated rings. The number of unbranched alkanes of at least 4 members (excludes halogenated alkanes) is 24. The highest BCUT2D eigenvalue weighted by molar-refractivity contribution is 5.70. The van der Waals surface area contributed by atoms with Crippen molar-refractivity contribution < 1.29 is 23.8 Å². The lowest BCUT2D eigenvalue weighted by molar-refractivity contribution is -0.163. The van der Waals surface area contributed by atoms with Gasteiger partial charge in [0, 0.05) is 19.4 Å². The predicted octanol–water partition coefficient (Wildman–Crippen LogP) is 18.5. The first-order valence-corrected chi connectivity index (χ1v) is 27.1. The minimum atomic E-state index is -0.556. The minimum absolute atomic E-state index is 0.0689. The average Bonchev–Trinajstić information content (AvgIpc) is 3.30. The molecule has 0 radical (unpaired) electrons. The zero-order chi connectivity index (χ0) is 46.3. The third kappa shape index (κ3) is 51.7. The summed E-state index contributed by atoms with van der Waals surface area (Å²) in [5, 5.41) is 0. The highest BCUT2D eigenvalue weighted by atomic mass is 16.6. The van der Waals surface area contributed by atoms with E-state index in [2.05, 4.69) is 106 Å². The molecule has 0 aliphatic carbocycles. The lowest BCUT2D eigenvalue weighted by Gasteiger charge is -2.18. The summed E-state index contributed by atoms with van der Waals surface area (Å²) in [4.78, 5) is 25.4. The molecular formula is C59H102O5. The molecule has 0 heterocycles. The van der Waals surface area contributed by atoms with E-state index in [1.807, 2.05) is 0 Å². The number of rotatable bonds is 49. The van der Waals surface area contributed by atoms with Crippen molar-refractivity contribution in [3.05, 3.63) is 85.1 Å². The van der Waals surface area contributed by atoms with E-state index >= 15 is 0 Å². The fourth-order valence-electron chi connectivity index (χ4n) is 7.36. The van der Waals surface area contributed by atoms with Crippen LogP contribution in [0.2, 0.25) is 0 Å². The highest BCUT2D eigenvalue weighted by Gasteiger charge is 2.17. The summed E-state index contributed by atoms with van der Waals surface area (Å²) in [5.74, 6) is -0.424. The van der Waals surface area contributed by atoms with Gasteiger partial charge in [-0.3, -0.25) is 9.59 Å². The molecule has 0 saturated carbocycles. The molecule has 0 aliphatic heterocycles. The number of allylic oxidation sites excluding steroid dienone is 14. The molecule has 0 rings (SSSR count). The molecule has 5 heteroatoms. The molecule has 0 spiro atoms. The van der Waals surface area contributed by atoms with Crippen LogP contribution in [-0.4, -0.2) is 37.9 Å². The first-order chi connectivity index (χ1) is 31.6. The first-order valence-electron chi connectivity index (χ1n) is 27.1. The molecule has 1 atom stereocenters. The van der Waals surface area contributed by atoms with E-state index in [1.54, 1.807) is 0 Å². The Kier molecular flexibility index (Phi) is 51.9. The molecule has 0 saturated heterocycles. The number of hydrogen-bond donors (Lipinski definition) is 0. The highest BCUT2D eigenvalue weighted by Crippen LogP contribution is 2.14. The number of ether oxygens (including phenoxy) is 3. The first kappa shape index (κ1) is 61.1. The Bertz CT molecular complexity index is 1190. The Hall–Kier alpha value is -2.92. The standard InChI is InChI=1S/C59H102O5/c1-4-7-10-13-16-19-22-25-27-29-30-31-32-35-37-40-43-46-49-52-58(60)63-56-57(64-59(61)53-50-47-44-41-38-34-24-21-18-15-12-9-6-3)55-62-54-51-48-45-42-39-36-33-28-26-23-20-17-14-11-8-5-2/h8,11-12,15-17,19-21,24-28,57H,4-7,9-10,13-14,18,22-23,29-56H2,1-3H3/b11-8-,15-12-,19-16-,20-17-,24-21-,27-25-,28-26-. The van der Waals surface area contributed by atoms with Gasteiger partial charge in [-0.05, 0) is 109 Å². The number of carbonyl (C=O) groups excluding carboxylic acids is 2. The maximum absolute atomic E-state index is 12.8. The molecule has 1 unspecified atom stereocenters. The number of carbonyl (C=O) groups is 2. The average molecular weight is 891 g/mol. The van der Waals surface area contributed by atoms with Crippen LogP contribution >= 0.6 is 0 Å². The van der Waals surface area contributed by atoms with Gasteiger partial charge >= 0.3 is 11.9 Å². The Morgan fingerprint density at radius 2 is 0.734 bits per heavy atom. The third-order valence-electron chi connectivity index (χ3n) is 11.4. The van der Waals surface area contributed by atoms with Crippen molar-refractivity contribution in [2.24, 2.45) is 0 Å². The smallest absolute Gasteiger partial charge is 0.306 e. The van der Waals surface area contributed by atoms with Crippen LogP contribution in [0.25, 0.3) is 0 Å². The SMILES string of the molecule is CC/C=C\C/C=C\C/C=C\CCCCCCCCOCC(COC(=O)CCCCCCCCCCC/C=C\C/C=C\CCCCC)OC(=O)CCCCCCC/C=C\C/C=C\CCC. The Morgan fingerprint density at radius 3 is 1.19 bits per heavy atom. The van der Waals surface area contributed by atoms with E-state index in [-0.39, 0.29) is 25.2 Å². The van der Waals surface area contributed by atoms with Crippen LogP contribution in [0.3, 0.4) is 0 Å². The maximum Gasteiger partial charge on any atom is 0.306 e. The maximum atomic E-state index is 12.8. The molecule has 0 aliphatic rings. The normalized spacial score (nSPS) is 12.9. The summed E-state index contributed by atoms with van der Waals surface area (Å²) < 4.78 is 17.4. The zero-order valence-electron chi connectivity index (χ0n) is 42.3. The van der Waals surface area contributed by atoms with Crippen LogP contribution in [0.5, 0.6) is 0 Å². The van der Waals surface area contributed by atoms with Crippen molar-refractivity contribution in [3.8, 4) is 0 Å². The summed E-state index contributed by atoms with van der Waals surface area (Å²) in [7, 11) is 0. The van der Waals surface area contributed by atoms with Crippen molar-refractivity contribution in [2.45, 2.75) is 258 Å². The van der Waals surface area contributed by atoms with E-state index in [1.165, 1.54) is 116 Å². The van der Waals surface area contributed by atoms with Crippen molar-refractivity contribution in [1.29, 1.82) is 0 Å². The van der Waals surface area contributed by atoms with Gasteiger partial charge in [0.15, 0.2) is 6.10 Å². The zero-order valence-corrected chi connectivity index (χ0v) is 42.3. The van der Waals surface area contributed by atoms with Gasteiger partial charge in [-0.2, -0.15) is 0 Å². The third-order valence-corrected chi connectivity index (χ3v) is 11.4. The van der Waals surface area contributed by atoms with Gasteiger partial charge in [-0.1, -0.05) is 215 Å². The fraction of sp³-hybridized carbons (Fsp3) is 0.729. The Morgan fingerprint density at radius 1 is 0.359 bits per heavy atom. The Labute approximate surface area is 397 Å². The van der Waals surface area contributed by atoms with Crippen molar-refractivity contribution in [1.82, 2.24) is 0 Å². The van der Waals surface area contributed by atoms with Gasteiger partial charge in [-0.15, -0.1) is 0 Å². The predicted molar refractivity (Wildman–Crippen MR) is 279 cm³/mol. The van der Waals surface area contributed by atoms with E-state index in [9.17, 15) is 9.59 Å². The van der Waals surface area contributed by atoms with Crippen LogP contribution in [0.15, 0.2) is 85.1 Å². The Balaban J connectivity index is 4.29. The van der Waals surface area contributed by atoms with Crippen molar-refractivity contribution in [3.63, 3.8) is 0 Å². The molecule has 0 aromatic heterocycles. The molecule has 0 amide bonds. The summed E-state index contributed by atoms with van der Waals surface area (Å²) in [6, 6.07) is 0. The van der Waals surface area contributed by atoms with Gasteiger partial charge < -0.3 is 14.2 Å².